The Bertz CT molecular complexity index is 709. The molecule has 140 valence electrons. The van der Waals surface area contributed by atoms with Gasteiger partial charge >= 0.3 is 0 Å². The van der Waals surface area contributed by atoms with Gasteiger partial charge in [-0.15, -0.1) is 0 Å². The van der Waals surface area contributed by atoms with E-state index in [0.29, 0.717) is 12.0 Å². The molecule has 0 N–H and O–H groups in total. The van der Waals surface area contributed by atoms with Crippen molar-refractivity contribution in [2.24, 2.45) is 0 Å². The minimum atomic E-state index is 0.301. The second kappa shape index (κ2) is 8.16. The molecule has 7 nitrogen and oxygen atoms in total. The monoisotopic (exact) mass is 374 g/mol. The minimum absolute atomic E-state index is 0.301. The average Bonchev–Trinajstić information content (AvgIpc) is 3.18. The molecule has 26 heavy (non-hydrogen) atoms. The Morgan fingerprint density at radius 2 is 1.81 bits per heavy atom. The van der Waals surface area contributed by atoms with Crippen molar-refractivity contribution in [3.63, 3.8) is 0 Å². The van der Waals surface area contributed by atoms with E-state index in [2.05, 4.69) is 31.1 Å². The summed E-state index contributed by atoms with van der Waals surface area (Å²) in [4.78, 5) is 18.2. The van der Waals surface area contributed by atoms with E-state index < -0.39 is 0 Å². The molecule has 1 saturated carbocycles. The Kier molecular flexibility index (Phi) is 5.48. The van der Waals surface area contributed by atoms with Crippen molar-refractivity contribution < 1.29 is 4.74 Å². The number of ether oxygens (including phenoxy) is 1. The van der Waals surface area contributed by atoms with Gasteiger partial charge < -0.3 is 14.5 Å². The van der Waals surface area contributed by atoms with Crippen molar-refractivity contribution in [2.45, 2.75) is 51.6 Å². The fourth-order valence-electron chi connectivity index (χ4n) is 3.54. The molecule has 0 bridgehead atoms. The molecule has 1 aliphatic carbocycles. The lowest BCUT2D eigenvalue weighted by Crippen LogP contribution is -2.46. The Balaban J connectivity index is 1.35. The maximum atomic E-state index is 6.07. The third-order valence-electron chi connectivity index (χ3n) is 5.09. The number of aromatic nitrogens is 4. The van der Waals surface area contributed by atoms with Crippen LogP contribution in [0, 0.1) is 0 Å². The molecule has 0 radical (unpaired) electrons. The van der Waals surface area contributed by atoms with Crippen molar-refractivity contribution in [3.8, 4) is 5.88 Å². The maximum Gasteiger partial charge on any atom is 0.234 e. The van der Waals surface area contributed by atoms with E-state index in [1.165, 1.54) is 30.8 Å². The van der Waals surface area contributed by atoms with E-state index >= 15 is 0 Å². The molecule has 0 spiro atoms. The van der Waals surface area contributed by atoms with Gasteiger partial charge in [-0.05, 0) is 25.7 Å². The fourth-order valence-corrected chi connectivity index (χ4v) is 4.35. The van der Waals surface area contributed by atoms with Gasteiger partial charge in [-0.2, -0.15) is 9.36 Å². The highest BCUT2D eigenvalue weighted by atomic mass is 32.1. The zero-order valence-corrected chi connectivity index (χ0v) is 16.1. The van der Waals surface area contributed by atoms with Gasteiger partial charge in [0, 0.05) is 44.1 Å². The van der Waals surface area contributed by atoms with Gasteiger partial charge in [-0.1, -0.05) is 13.3 Å². The third kappa shape index (κ3) is 4.06. The summed E-state index contributed by atoms with van der Waals surface area (Å²) in [5.74, 6) is 2.50. The minimum Gasteiger partial charge on any atom is -0.473 e. The number of piperazine rings is 1. The highest BCUT2D eigenvalue weighted by molar-refractivity contribution is 7.09. The second-order valence-electron chi connectivity index (χ2n) is 6.91. The second-order valence-corrected chi connectivity index (χ2v) is 7.64. The predicted molar refractivity (Wildman–Crippen MR) is 103 cm³/mol. The molecule has 0 atom stereocenters. The lowest BCUT2D eigenvalue weighted by Gasteiger charge is -2.35. The number of anilines is 2. The molecule has 0 unspecified atom stereocenters. The summed E-state index contributed by atoms with van der Waals surface area (Å²) >= 11 is 1.50. The molecule has 2 aliphatic rings. The van der Waals surface area contributed by atoms with Crippen LogP contribution in [0.15, 0.2) is 12.4 Å². The van der Waals surface area contributed by atoms with Crippen LogP contribution in [0.2, 0.25) is 0 Å². The molecule has 0 amide bonds. The summed E-state index contributed by atoms with van der Waals surface area (Å²) in [6, 6.07) is 0. The Labute approximate surface area is 158 Å². The molecule has 0 aromatic carbocycles. The van der Waals surface area contributed by atoms with Crippen LogP contribution in [0.5, 0.6) is 5.88 Å². The normalized spacial score (nSPS) is 19.0. The first-order valence-electron chi connectivity index (χ1n) is 9.63. The van der Waals surface area contributed by atoms with E-state index in [4.69, 9.17) is 9.72 Å². The Morgan fingerprint density at radius 1 is 1.04 bits per heavy atom. The number of hydrogen-bond donors (Lipinski definition) is 0. The van der Waals surface area contributed by atoms with E-state index in [0.717, 1.165) is 62.2 Å². The number of hydrogen-bond acceptors (Lipinski definition) is 8. The van der Waals surface area contributed by atoms with Gasteiger partial charge in [0.25, 0.3) is 0 Å². The lowest BCUT2D eigenvalue weighted by molar-refractivity contribution is 0.148. The molecule has 3 heterocycles. The smallest absolute Gasteiger partial charge is 0.234 e. The van der Waals surface area contributed by atoms with Gasteiger partial charge in [0.1, 0.15) is 11.9 Å². The zero-order chi connectivity index (χ0) is 17.8. The van der Waals surface area contributed by atoms with Crippen LogP contribution >= 0.6 is 11.5 Å². The average molecular weight is 375 g/mol. The zero-order valence-electron chi connectivity index (χ0n) is 15.3. The molecule has 2 aromatic rings. The highest BCUT2D eigenvalue weighted by Crippen LogP contribution is 2.24. The molecule has 4 rings (SSSR count). The molecular weight excluding hydrogens is 348 g/mol. The van der Waals surface area contributed by atoms with Crippen LogP contribution < -0.4 is 14.5 Å². The van der Waals surface area contributed by atoms with Crippen LogP contribution in [-0.4, -0.2) is 51.6 Å². The first-order valence-corrected chi connectivity index (χ1v) is 10.4. The van der Waals surface area contributed by atoms with E-state index in [1.54, 1.807) is 6.20 Å². The van der Waals surface area contributed by atoms with Crippen molar-refractivity contribution in [1.82, 2.24) is 19.3 Å². The van der Waals surface area contributed by atoms with E-state index in [1.807, 2.05) is 6.20 Å². The summed E-state index contributed by atoms with van der Waals surface area (Å²) in [7, 11) is 0. The molecule has 2 fully saturated rings. The SMILES string of the molecule is CCc1nsc(N2CCN(c3cncc(OC4CCCCC4)n3)CC2)n1. The van der Waals surface area contributed by atoms with Crippen LogP contribution in [0.3, 0.4) is 0 Å². The Morgan fingerprint density at radius 3 is 2.54 bits per heavy atom. The lowest BCUT2D eigenvalue weighted by atomic mass is 9.98. The van der Waals surface area contributed by atoms with Gasteiger partial charge in [0.2, 0.25) is 11.0 Å². The number of nitrogens with zero attached hydrogens (tertiary/aromatic N) is 6. The molecule has 1 saturated heterocycles. The van der Waals surface area contributed by atoms with Crippen molar-refractivity contribution in [1.29, 1.82) is 0 Å². The summed E-state index contributed by atoms with van der Waals surface area (Å²) in [6.07, 6.45) is 10.9. The highest BCUT2D eigenvalue weighted by Gasteiger charge is 2.22. The van der Waals surface area contributed by atoms with Crippen LogP contribution in [0.4, 0.5) is 10.9 Å². The molecule has 8 heteroatoms. The first kappa shape index (κ1) is 17.5. The van der Waals surface area contributed by atoms with Crippen molar-refractivity contribution in [2.75, 3.05) is 36.0 Å². The standard InChI is InChI=1S/C18H26N6OS/c1-2-15-20-18(26-22-15)24-10-8-23(9-11-24)16-12-19-13-17(21-16)25-14-6-4-3-5-7-14/h12-14H,2-11H2,1H3. The quantitative estimate of drug-likeness (QED) is 0.797. The summed E-state index contributed by atoms with van der Waals surface area (Å²) < 4.78 is 10.5. The van der Waals surface area contributed by atoms with Crippen molar-refractivity contribution >= 4 is 22.5 Å². The fraction of sp³-hybridized carbons (Fsp3) is 0.667. The van der Waals surface area contributed by atoms with Crippen LogP contribution in [0.25, 0.3) is 0 Å². The van der Waals surface area contributed by atoms with Gasteiger partial charge in [0.05, 0.1) is 12.4 Å². The van der Waals surface area contributed by atoms with Crippen LogP contribution in [0.1, 0.15) is 44.9 Å². The third-order valence-corrected chi connectivity index (χ3v) is 5.90. The number of rotatable bonds is 5. The predicted octanol–water partition coefficient (Wildman–Crippen LogP) is 2.93. The molecule has 1 aliphatic heterocycles. The largest absolute Gasteiger partial charge is 0.473 e. The summed E-state index contributed by atoms with van der Waals surface area (Å²) in [6.45, 7) is 5.75. The van der Waals surface area contributed by atoms with Gasteiger partial charge in [0.15, 0.2) is 5.82 Å². The van der Waals surface area contributed by atoms with Gasteiger partial charge in [-0.3, -0.25) is 4.98 Å². The summed E-state index contributed by atoms with van der Waals surface area (Å²) in [5, 5.41) is 1.03. The van der Waals surface area contributed by atoms with Crippen molar-refractivity contribution in [3.05, 3.63) is 18.2 Å². The first-order chi connectivity index (χ1) is 12.8. The van der Waals surface area contributed by atoms with Gasteiger partial charge in [-0.25, -0.2) is 4.98 Å². The molecule has 2 aromatic heterocycles. The van der Waals surface area contributed by atoms with E-state index in [-0.39, 0.29) is 0 Å². The van der Waals surface area contributed by atoms with E-state index in [9.17, 15) is 0 Å². The van der Waals surface area contributed by atoms with Crippen LogP contribution in [-0.2, 0) is 6.42 Å². The number of aryl methyl sites for hydroxylation is 1. The topological polar surface area (TPSA) is 67.3 Å². The Hall–Kier alpha value is -1.96. The maximum absolute atomic E-state index is 6.07. The molecular formula is C18H26N6OS. The summed E-state index contributed by atoms with van der Waals surface area (Å²) in [5.41, 5.74) is 0.